The Morgan fingerprint density at radius 2 is 1.70 bits per heavy atom. The van der Waals surface area contributed by atoms with Gasteiger partial charge in [-0.3, -0.25) is 0 Å². The highest BCUT2D eigenvalue weighted by molar-refractivity contribution is 5.33. The van der Waals surface area contributed by atoms with Gasteiger partial charge in [0, 0.05) is 12.1 Å². The summed E-state index contributed by atoms with van der Waals surface area (Å²) < 4.78 is 0. The van der Waals surface area contributed by atoms with Crippen LogP contribution in [0.4, 0.5) is 0 Å². The predicted octanol–water partition coefficient (Wildman–Crippen LogP) is 5.11. The second-order valence-electron chi connectivity index (χ2n) is 5.62. The third-order valence-electron chi connectivity index (χ3n) is 3.96. The molecule has 2 atom stereocenters. The summed E-state index contributed by atoms with van der Waals surface area (Å²) in [5.74, 6) is 0. The van der Waals surface area contributed by atoms with E-state index in [-0.39, 0.29) is 0 Å². The summed E-state index contributed by atoms with van der Waals surface area (Å²) >= 11 is 0. The molecule has 106 valence electrons. The molecule has 0 aliphatic heterocycles. The lowest BCUT2D eigenvalue weighted by molar-refractivity contribution is 0.455. The minimum Gasteiger partial charge on any atom is -0.303 e. The van der Waals surface area contributed by atoms with Gasteiger partial charge in [0.1, 0.15) is 0 Å². The van der Waals surface area contributed by atoms with Crippen molar-refractivity contribution in [3.63, 3.8) is 0 Å². The van der Waals surface area contributed by atoms with Crippen molar-refractivity contribution >= 4 is 0 Å². The molecule has 0 spiro atoms. The quantitative estimate of drug-likeness (QED) is 0.794. The second-order valence-corrected chi connectivity index (χ2v) is 5.62. The van der Waals surface area contributed by atoms with Crippen molar-refractivity contribution in [2.24, 2.45) is 0 Å². The first-order valence-electron chi connectivity index (χ1n) is 7.50. The zero-order valence-electron chi connectivity index (χ0n) is 13.0. The SMILES string of the molecule is CCC(NC(C)c1cc(C)ccc1C)c1ccccc1. The van der Waals surface area contributed by atoms with Crippen LogP contribution in [0.1, 0.15) is 54.6 Å². The molecule has 0 bridgehead atoms. The minimum atomic E-state index is 0.361. The van der Waals surface area contributed by atoms with Crippen LogP contribution in [-0.4, -0.2) is 0 Å². The number of hydrogen-bond acceptors (Lipinski definition) is 1. The number of hydrogen-bond donors (Lipinski definition) is 1. The molecule has 20 heavy (non-hydrogen) atoms. The van der Waals surface area contributed by atoms with Gasteiger partial charge in [-0.2, -0.15) is 0 Å². The smallest absolute Gasteiger partial charge is 0.0323 e. The molecular weight excluding hydrogens is 242 g/mol. The lowest BCUT2D eigenvalue weighted by Crippen LogP contribution is -2.24. The van der Waals surface area contributed by atoms with Crippen LogP contribution < -0.4 is 5.32 Å². The van der Waals surface area contributed by atoms with Gasteiger partial charge in [-0.1, -0.05) is 61.0 Å². The molecule has 0 aromatic heterocycles. The van der Waals surface area contributed by atoms with Crippen LogP contribution in [0.3, 0.4) is 0 Å². The highest BCUT2D eigenvalue weighted by Crippen LogP contribution is 2.24. The van der Waals surface area contributed by atoms with Crippen LogP contribution >= 0.6 is 0 Å². The van der Waals surface area contributed by atoms with E-state index in [0.29, 0.717) is 12.1 Å². The molecule has 0 saturated carbocycles. The highest BCUT2D eigenvalue weighted by Gasteiger charge is 2.14. The van der Waals surface area contributed by atoms with Crippen LogP contribution in [0.25, 0.3) is 0 Å². The average Bonchev–Trinajstić information content (AvgIpc) is 2.48. The zero-order chi connectivity index (χ0) is 14.5. The molecule has 2 rings (SSSR count). The normalized spacial score (nSPS) is 14.0. The summed E-state index contributed by atoms with van der Waals surface area (Å²) in [4.78, 5) is 0. The van der Waals surface area contributed by atoms with Crippen LogP contribution in [-0.2, 0) is 0 Å². The van der Waals surface area contributed by atoms with Gasteiger partial charge >= 0.3 is 0 Å². The van der Waals surface area contributed by atoms with Crippen LogP contribution in [0, 0.1) is 13.8 Å². The predicted molar refractivity (Wildman–Crippen MR) is 86.9 cm³/mol. The van der Waals surface area contributed by atoms with Crippen molar-refractivity contribution < 1.29 is 0 Å². The standard InChI is InChI=1S/C19H25N/c1-5-19(17-9-7-6-8-10-17)20-16(4)18-13-14(2)11-12-15(18)3/h6-13,16,19-20H,5H2,1-4H3. The molecule has 2 aromatic carbocycles. The Morgan fingerprint density at radius 1 is 1.00 bits per heavy atom. The van der Waals surface area contributed by atoms with Gasteiger partial charge < -0.3 is 5.32 Å². The zero-order valence-corrected chi connectivity index (χ0v) is 13.0. The Kier molecular flexibility index (Phi) is 4.97. The van der Waals surface area contributed by atoms with E-state index in [4.69, 9.17) is 0 Å². The Labute approximate surface area is 123 Å². The maximum absolute atomic E-state index is 3.77. The first-order chi connectivity index (χ1) is 9.61. The van der Waals surface area contributed by atoms with E-state index in [1.54, 1.807) is 0 Å². The Morgan fingerprint density at radius 3 is 2.35 bits per heavy atom. The molecule has 1 N–H and O–H groups in total. The monoisotopic (exact) mass is 267 g/mol. The first-order valence-corrected chi connectivity index (χ1v) is 7.50. The second kappa shape index (κ2) is 6.71. The van der Waals surface area contributed by atoms with Crippen LogP contribution in [0.2, 0.25) is 0 Å². The summed E-state index contributed by atoms with van der Waals surface area (Å²) in [5.41, 5.74) is 5.46. The van der Waals surface area contributed by atoms with Crippen molar-refractivity contribution in [2.45, 2.75) is 46.2 Å². The molecular formula is C19H25N. The van der Waals surface area contributed by atoms with Crippen molar-refractivity contribution in [3.05, 3.63) is 70.8 Å². The fourth-order valence-electron chi connectivity index (χ4n) is 2.75. The number of nitrogens with one attached hydrogen (secondary N) is 1. The third kappa shape index (κ3) is 3.49. The van der Waals surface area contributed by atoms with E-state index < -0.39 is 0 Å². The van der Waals surface area contributed by atoms with Crippen LogP contribution in [0.15, 0.2) is 48.5 Å². The average molecular weight is 267 g/mol. The highest BCUT2D eigenvalue weighted by atomic mass is 14.9. The Bertz CT molecular complexity index is 545. The summed E-state index contributed by atoms with van der Waals surface area (Å²) in [6.45, 7) is 8.84. The summed E-state index contributed by atoms with van der Waals surface area (Å²) in [5, 5.41) is 3.77. The number of benzene rings is 2. The van der Waals surface area contributed by atoms with Crippen molar-refractivity contribution in [1.82, 2.24) is 5.32 Å². The molecule has 2 aromatic rings. The van der Waals surface area contributed by atoms with Gasteiger partial charge in [-0.05, 0) is 43.9 Å². The lowest BCUT2D eigenvalue weighted by Gasteiger charge is -2.24. The fourth-order valence-corrected chi connectivity index (χ4v) is 2.75. The van der Waals surface area contributed by atoms with Gasteiger partial charge in [-0.15, -0.1) is 0 Å². The van der Waals surface area contributed by atoms with E-state index in [0.717, 1.165) is 6.42 Å². The third-order valence-corrected chi connectivity index (χ3v) is 3.96. The van der Waals surface area contributed by atoms with Gasteiger partial charge in [-0.25, -0.2) is 0 Å². The van der Waals surface area contributed by atoms with E-state index in [9.17, 15) is 0 Å². The van der Waals surface area contributed by atoms with Gasteiger partial charge in [0.15, 0.2) is 0 Å². The summed E-state index contributed by atoms with van der Waals surface area (Å²) in [6.07, 6.45) is 1.10. The summed E-state index contributed by atoms with van der Waals surface area (Å²) in [7, 11) is 0. The first kappa shape index (κ1) is 14.8. The molecule has 1 heteroatoms. The molecule has 0 fully saturated rings. The largest absolute Gasteiger partial charge is 0.303 e. The number of rotatable bonds is 5. The molecule has 0 aliphatic rings. The van der Waals surface area contributed by atoms with E-state index in [1.165, 1.54) is 22.3 Å². The van der Waals surface area contributed by atoms with Gasteiger partial charge in [0.25, 0.3) is 0 Å². The summed E-state index contributed by atoms with van der Waals surface area (Å²) in [6, 6.07) is 18.2. The molecule has 0 heterocycles. The fraction of sp³-hybridized carbons (Fsp3) is 0.368. The van der Waals surface area contributed by atoms with Crippen molar-refractivity contribution in [1.29, 1.82) is 0 Å². The minimum absolute atomic E-state index is 0.361. The maximum Gasteiger partial charge on any atom is 0.0323 e. The number of aryl methyl sites for hydroxylation is 2. The molecule has 2 unspecified atom stereocenters. The molecule has 0 aliphatic carbocycles. The molecule has 0 radical (unpaired) electrons. The molecule has 1 nitrogen and oxygen atoms in total. The molecule has 0 saturated heterocycles. The lowest BCUT2D eigenvalue weighted by atomic mass is 9.97. The maximum atomic E-state index is 3.77. The van der Waals surface area contributed by atoms with Crippen LogP contribution in [0.5, 0.6) is 0 Å². The molecule has 0 amide bonds. The van der Waals surface area contributed by atoms with Crippen molar-refractivity contribution in [2.75, 3.05) is 0 Å². The Hall–Kier alpha value is -1.60. The van der Waals surface area contributed by atoms with Crippen molar-refractivity contribution in [3.8, 4) is 0 Å². The topological polar surface area (TPSA) is 12.0 Å². The van der Waals surface area contributed by atoms with E-state index in [2.05, 4.69) is 81.5 Å². The van der Waals surface area contributed by atoms with E-state index >= 15 is 0 Å². The van der Waals surface area contributed by atoms with Gasteiger partial charge in [0.2, 0.25) is 0 Å². The van der Waals surface area contributed by atoms with Gasteiger partial charge in [0.05, 0.1) is 0 Å². The Balaban J connectivity index is 2.17. The van der Waals surface area contributed by atoms with E-state index in [1.807, 2.05) is 0 Å².